The maximum absolute atomic E-state index is 11.3. The van der Waals surface area contributed by atoms with Gasteiger partial charge < -0.3 is 5.32 Å². The summed E-state index contributed by atoms with van der Waals surface area (Å²) in [6.45, 7) is 5.25. The highest BCUT2D eigenvalue weighted by atomic mass is 32.2. The Kier molecular flexibility index (Phi) is 7.24. The number of sulfone groups is 1. The SMILES string of the molecule is CCCCC(CC)(CCS(C)(=O)=O)CNC. The fraction of sp³-hybridized carbons (Fsp3) is 1.00. The monoisotopic (exact) mass is 249 g/mol. The highest BCUT2D eigenvalue weighted by Gasteiger charge is 2.27. The van der Waals surface area contributed by atoms with Crippen molar-refractivity contribution in [3.05, 3.63) is 0 Å². The Hall–Kier alpha value is -0.0900. The molecule has 1 N–H and O–H groups in total. The van der Waals surface area contributed by atoms with Crippen molar-refractivity contribution in [3.8, 4) is 0 Å². The van der Waals surface area contributed by atoms with Crippen LogP contribution in [0.25, 0.3) is 0 Å². The third-order valence-electron chi connectivity index (χ3n) is 3.37. The van der Waals surface area contributed by atoms with Gasteiger partial charge in [-0.1, -0.05) is 26.7 Å². The molecule has 4 heteroatoms. The summed E-state index contributed by atoms with van der Waals surface area (Å²) in [5, 5.41) is 3.21. The van der Waals surface area contributed by atoms with Crippen LogP contribution >= 0.6 is 0 Å². The first-order chi connectivity index (χ1) is 7.39. The molecule has 0 aliphatic carbocycles. The van der Waals surface area contributed by atoms with Gasteiger partial charge in [0, 0.05) is 12.8 Å². The highest BCUT2D eigenvalue weighted by Crippen LogP contribution is 2.32. The van der Waals surface area contributed by atoms with Crippen molar-refractivity contribution in [2.24, 2.45) is 5.41 Å². The molecule has 0 spiro atoms. The summed E-state index contributed by atoms with van der Waals surface area (Å²) in [4.78, 5) is 0. The van der Waals surface area contributed by atoms with Crippen LogP contribution in [0.1, 0.15) is 46.0 Å². The fourth-order valence-corrected chi connectivity index (χ4v) is 2.91. The number of unbranched alkanes of at least 4 members (excludes halogenated alkanes) is 1. The van der Waals surface area contributed by atoms with E-state index in [0.717, 1.165) is 25.8 Å². The van der Waals surface area contributed by atoms with Gasteiger partial charge in [0.25, 0.3) is 0 Å². The smallest absolute Gasteiger partial charge is 0.147 e. The molecule has 0 radical (unpaired) electrons. The van der Waals surface area contributed by atoms with Gasteiger partial charge in [0.15, 0.2) is 0 Å². The standard InChI is InChI=1S/C12H27NO2S/c1-5-7-8-12(6-2,11-13-3)9-10-16(4,14)15/h13H,5-11H2,1-4H3. The first-order valence-electron chi connectivity index (χ1n) is 6.21. The van der Waals surface area contributed by atoms with Crippen LogP contribution < -0.4 is 5.32 Å². The molecule has 0 aromatic rings. The van der Waals surface area contributed by atoms with E-state index >= 15 is 0 Å². The van der Waals surface area contributed by atoms with Crippen LogP contribution in [0.15, 0.2) is 0 Å². The Bertz CT molecular complexity index is 275. The molecule has 0 heterocycles. The van der Waals surface area contributed by atoms with E-state index in [2.05, 4.69) is 19.2 Å². The lowest BCUT2D eigenvalue weighted by molar-refractivity contribution is 0.228. The molecular formula is C12H27NO2S. The zero-order valence-electron chi connectivity index (χ0n) is 11.2. The van der Waals surface area contributed by atoms with Crippen LogP contribution in [0.2, 0.25) is 0 Å². The lowest BCUT2D eigenvalue weighted by Crippen LogP contribution is -2.34. The van der Waals surface area contributed by atoms with Crippen LogP contribution in [0.4, 0.5) is 0 Å². The second-order valence-electron chi connectivity index (χ2n) is 4.87. The Morgan fingerprint density at radius 1 is 1.19 bits per heavy atom. The second kappa shape index (κ2) is 7.28. The van der Waals surface area contributed by atoms with E-state index in [4.69, 9.17) is 0 Å². The summed E-state index contributed by atoms with van der Waals surface area (Å²) < 4.78 is 22.5. The van der Waals surface area contributed by atoms with E-state index in [1.54, 1.807) is 0 Å². The number of hydrogen-bond acceptors (Lipinski definition) is 3. The van der Waals surface area contributed by atoms with Crippen molar-refractivity contribution in [3.63, 3.8) is 0 Å². The van der Waals surface area contributed by atoms with Crippen LogP contribution in [-0.4, -0.2) is 34.0 Å². The zero-order chi connectivity index (χ0) is 12.7. The third-order valence-corrected chi connectivity index (χ3v) is 4.31. The van der Waals surface area contributed by atoms with Crippen LogP contribution in [-0.2, 0) is 9.84 Å². The molecular weight excluding hydrogens is 222 g/mol. The van der Waals surface area contributed by atoms with Gasteiger partial charge in [0.05, 0.1) is 5.75 Å². The lowest BCUT2D eigenvalue weighted by atomic mass is 9.78. The molecule has 0 aromatic carbocycles. The third kappa shape index (κ3) is 6.48. The summed E-state index contributed by atoms with van der Waals surface area (Å²) in [6.07, 6.45) is 6.62. The molecule has 0 rings (SSSR count). The van der Waals surface area contributed by atoms with Gasteiger partial charge >= 0.3 is 0 Å². The van der Waals surface area contributed by atoms with Crippen molar-refractivity contribution < 1.29 is 8.42 Å². The summed E-state index contributed by atoms with van der Waals surface area (Å²) in [5.74, 6) is 0.312. The van der Waals surface area contributed by atoms with Gasteiger partial charge in [-0.2, -0.15) is 0 Å². The van der Waals surface area contributed by atoms with E-state index in [1.807, 2.05) is 7.05 Å². The van der Waals surface area contributed by atoms with Gasteiger partial charge in [0.1, 0.15) is 9.84 Å². The molecule has 0 saturated carbocycles. The molecule has 0 aromatic heterocycles. The van der Waals surface area contributed by atoms with E-state index in [0.29, 0.717) is 5.75 Å². The van der Waals surface area contributed by atoms with Crippen molar-refractivity contribution in [1.82, 2.24) is 5.32 Å². The molecule has 1 unspecified atom stereocenters. The Balaban J connectivity index is 4.49. The second-order valence-corrected chi connectivity index (χ2v) is 7.13. The average Bonchev–Trinajstić information content (AvgIpc) is 2.21. The van der Waals surface area contributed by atoms with Gasteiger partial charge in [-0.15, -0.1) is 0 Å². The number of rotatable bonds is 9. The summed E-state index contributed by atoms with van der Waals surface area (Å²) in [5.41, 5.74) is 0.161. The van der Waals surface area contributed by atoms with Crippen LogP contribution in [0, 0.1) is 5.41 Å². The van der Waals surface area contributed by atoms with Gasteiger partial charge in [-0.3, -0.25) is 0 Å². The molecule has 0 aliphatic rings. The van der Waals surface area contributed by atoms with Crippen molar-refractivity contribution in [1.29, 1.82) is 0 Å². The first kappa shape index (κ1) is 15.9. The van der Waals surface area contributed by atoms with Crippen molar-refractivity contribution in [2.75, 3.05) is 25.6 Å². The van der Waals surface area contributed by atoms with E-state index in [9.17, 15) is 8.42 Å². The molecule has 98 valence electrons. The molecule has 1 atom stereocenters. The minimum Gasteiger partial charge on any atom is -0.319 e. The topological polar surface area (TPSA) is 46.2 Å². The normalized spacial score (nSPS) is 16.0. The van der Waals surface area contributed by atoms with E-state index in [-0.39, 0.29) is 5.41 Å². The quantitative estimate of drug-likeness (QED) is 0.681. The molecule has 0 amide bonds. The van der Waals surface area contributed by atoms with E-state index < -0.39 is 9.84 Å². The molecule has 0 saturated heterocycles. The number of nitrogens with one attached hydrogen (secondary N) is 1. The molecule has 0 bridgehead atoms. The Labute approximate surface area is 101 Å². The van der Waals surface area contributed by atoms with E-state index in [1.165, 1.54) is 19.1 Å². The highest BCUT2D eigenvalue weighted by molar-refractivity contribution is 7.90. The molecule has 3 nitrogen and oxygen atoms in total. The molecule has 0 fully saturated rings. The van der Waals surface area contributed by atoms with Gasteiger partial charge in [-0.05, 0) is 31.7 Å². The van der Waals surface area contributed by atoms with Gasteiger partial charge in [-0.25, -0.2) is 8.42 Å². The number of hydrogen-bond donors (Lipinski definition) is 1. The van der Waals surface area contributed by atoms with Crippen LogP contribution in [0.3, 0.4) is 0 Å². The summed E-state index contributed by atoms with van der Waals surface area (Å²) >= 11 is 0. The van der Waals surface area contributed by atoms with Crippen LogP contribution in [0.5, 0.6) is 0 Å². The largest absolute Gasteiger partial charge is 0.319 e. The summed E-state index contributed by atoms with van der Waals surface area (Å²) in [6, 6.07) is 0. The first-order valence-corrected chi connectivity index (χ1v) is 8.27. The summed E-state index contributed by atoms with van der Waals surface area (Å²) in [7, 11) is -0.897. The lowest BCUT2D eigenvalue weighted by Gasteiger charge is -2.32. The minimum absolute atomic E-state index is 0.161. The minimum atomic E-state index is -2.84. The Morgan fingerprint density at radius 3 is 2.19 bits per heavy atom. The Morgan fingerprint density at radius 2 is 1.81 bits per heavy atom. The average molecular weight is 249 g/mol. The van der Waals surface area contributed by atoms with Crippen molar-refractivity contribution >= 4 is 9.84 Å². The van der Waals surface area contributed by atoms with Crippen molar-refractivity contribution in [2.45, 2.75) is 46.0 Å². The van der Waals surface area contributed by atoms with Gasteiger partial charge in [0.2, 0.25) is 0 Å². The molecule has 0 aliphatic heterocycles. The zero-order valence-corrected chi connectivity index (χ0v) is 12.0. The predicted octanol–water partition coefficient (Wildman–Crippen LogP) is 2.23. The predicted molar refractivity (Wildman–Crippen MR) is 70.5 cm³/mol. The maximum Gasteiger partial charge on any atom is 0.147 e. The fourth-order valence-electron chi connectivity index (χ4n) is 2.11. The molecule has 16 heavy (non-hydrogen) atoms. The maximum atomic E-state index is 11.3.